The molecule has 0 saturated heterocycles. The summed E-state index contributed by atoms with van der Waals surface area (Å²) in [6, 6.07) is 19.3. The van der Waals surface area contributed by atoms with E-state index in [2.05, 4.69) is 19.2 Å². The zero-order valence-corrected chi connectivity index (χ0v) is 14.2. The van der Waals surface area contributed by atoms with Crippen molar-refractivity contribution in [1.29, 1.82) is 0 Å². The molecule has 4 aromatic rings. The molecule has 0 aliphatic rings. The lowest BCUT2D eigenvalue weighted by Crippen LogP contribution is -1.85. The highest BCUT2D eigenvalue weighted by Gasteiger charge is 2.15. The lowest BCUT2D eigenvalue weighted by molar-refractivity contribution is 0.459. The van der Waals surface area contributed by atoms with Crippen LogP contribution in [0.5, 0.6) is 11.5 Å². The number of rotatable bonds is 3. The number of hydrogen-bond donors (Lipinski definition) is 2. The second-order valence-corrected chi connectivity index (χ2v) is 6.33. The van der Waals surface area contributed by atoms with Gasteiger partial charge in [0, 0.05) is 5.39 Å². The zero-order chi connectivity index (χ0) is 18.3. The van der Waals surface area contributed by atoms with Crippen LogP contribution in [-0.2, 0) is 0 Å². The topological polar surface area (TPSA) is 40.5 Å². The minimum atomic E-state index is 0.0540. The maximum atomic E-state index is 10.8. The Morgan fingerprint density at radius 1 is 0.654 bits per heavy atom. The molecule has 0 heterocycles. The van der Waals surface area contributed by atoms with E-state index in [1.165, 1.54) is 0 Å². The van der Waals surface area contributed by atoms with Gasteiger partial charge < -0.3 is 10.2 Å². The van der Waals surface area contributed by atoms with Gasteiger partial charge in [-0.2, -0.15) is 0 Å². The van der Waals surface area contributed by atoms with Gasteiger partial charge in [-0.25, -0.2) is 0 Å². The summed E-state index contributed by atoms with van der Waals surface area (Å²) in [5.74, 6) is 0.135. The Hall–Kier alpha value is -3.52. The van der Waals surface area contributed by atoms with Gasteiger partial charge in [-0.15, -0.1) is 0 Å². The fraction of sp³-hybridized carbons (Fsp3) is 0. The van der Waals surface area contributed by atoms with E-state index in [4.69, 9.17) is 0 Å². The molecular weight excluding hydrogens is 320 g/mol. The third-order valence-corrected chi connectivity index (χ3v) is 4.74. The summed E-state index contributed by atoms with van der Waals surface area (Å²) in [5, 5.41) is 25.0. The van der Waals surface area contributed by atoms with E-state index in [9.17, 15) is 10.2 Å². The van der Waals surface area contributed by atoms with Crippen molar-refractivity contribution in [3.63, 3.8) is 0 Å². The van der Waals surface area contributed by atoms with Gasteiger partial charge in [-0.3, -0.25) is 0 Å². The molecule has 0 saturated carbocycles. The number of phenolic OH excluding ortho intramolecular Hbond substituents is 2. The average Bonchev–Trinajstić information content (AvgIpc) is 2.67. The summed E-state index contributed by atoms with van der Waals surface area (Å²) in [6.07, 6.45) is 3.55. The quantitative estimate of drug-likeness (QED) is 0.456. The van der Waals surface area contributed by atoms with E-state index in [0.29, 0.717) is 10.9 Å². The molecule has 26 heavy (non-hydrogen) atoms. The average molecular weight is 338 g/mol. The van der Waals surface area contributed by atoms with Crippen LogP contribution in [0.3, 0.4) is 0 Å². The van der Waals surface area contributed by atoms with Gasteiger partial charge in [-0.1, -0.05) is 61.7 Å². The van der Waals surface area contributed by atoms with Crippen molar-refractivity contribution in [3.8, 4) is 22.6 Å². The molecule has 126 valence electrons. The maximum Gasteiger partial charge on any atom is 0.134 e. The largest absolute Gasteiger partial charge is 0.507 e. The highest BCUT2D eigenvalue weighted by Crippen LogP contribution is 2.43. The molecule has 0 radical (unpaired) electrons. The summed E-state index contributed by atoms with van der Waals surface area (Å²) in [5.41, 5.74) is 3.21. The molecule has 2 N–H and O–H groups in total. The number of benzene rings is 4. The number of phenols is 2. The monoisotopic (exact) mass is 338 g/mol. The van der Waals surface area contributed by atoms with Crippen LogP contribution < -0.4 is 0 Å². The van der Waals surface area contributed by atoms with Crippen molar-refractivity contribution in [2.45, 2.75) is 0 Å². The van der Waals surface area contributed by atoms with Crippen LogP contribution in [0.15, 0.2) is 73.8 Å². The molecule has 0 bridgehead atoms. The standard InChI is InChI=1S/C24H18O2/c1-3-15-5-7-18-13-19(9-8-17(18)11-15)23-22(25)14-20-12-16(4-2)6-10-21(20)24(23)26/h3-14,25-26H,1-2H2. The number of aromatic hydroxyl groups is 2. The zero-order valence-electron chi connectivity index (χ0n) is 14.2. The van der Waals surface area contributed by atoms with Crippen LogP contribution in [0.4, 0.5) is 0 Å². The fourth-order valence-corrected chi connectivity index (χ4v) is 3.35. The Balaban J connectivity index is 1.94. The van der Waals surface area contributed by atoms with Crippen LogP contribution >= 0.6 is 0 Å². The van der Waals surface area contributed by atoms with Gasteiger partial charge in [-0.05, 0) is 57.1 Å². The number of fused-ring (bicyclic) bond motifs is 2. The first-order chi connectivity index (χ1) is 12.6. The van der Waals surface area contributed by atoms with E-state index in [1.807, 2.05) is 54.6 Å². The van der Waals surface area contributed by atoms with Gasteiger partial charge in [0.25, 0.3) is 0 Å². The van der Waals surface area contributed by atoms with Crippen molar-refractivity contribution >= 4 is 33.7 Å². The van der Waals surface area contributed by atoms with Crippen molar-refractivity contribution in [3.05, 3.63) is 84.9 Å². The Morgan fingerprint density at radius 3 is 2.00 bits per heavy atom. The summed E-state index contributed by atoms with van der Waals surface area (Å²) < 4.78 is 0. The highest BCUT2D eigenvalue weighted by molar-refractivity contribution is 6.00. The molecule has 0 amide bonds. The normalized spacial score (nSPS) is 10.9. The Bertz CT molecular complexity index is 1190. The van der Waals surface area contributed by atoms with Gasteiger partial charge in [0.2, 0.25) is 0 Å². The van der Waals surface area contributed by atoms with E-state index in [0.717, 1.165) is 32.8 Å². The summed E-state index contributed by atoms with van der Waals surface area (Å²) in [6.45, 7) is 7.55. The lowest BCUT2D eigenvalue weighted by atomic mass is 9.95. The smallest absolute Gasteiger partial charge is 0.134 e. The molecule has 2 nitrogen and oxygen atoms in total. The van der Waals surface area contributed by atoms with Crippen LogP contribution in [-0.4, -0.2) is 10.2 Å². The lowest BCUT2D eigenvalue weighted by Gasteiger charge is -2.12. The molecule has 2 heteroatoms. The van der Waals surface area contributed by atoms with Gasteiger partial charge in [0.15, 0.2) is 0 Å². The van der Waals surface area contributed by atoms with E-state index < -0.39 is 0 Å². The Kier molecular flexibility index (Phi) is 3.74. The minimum absolute atomic E-state index is 0.0540. The van der Waals surface area contributed by atoms with Gasteiger partial charge in [0.05, 0.1) is 5.56 Å². The number of hydrogen-bond acceptors (Lipinski definition) is 2. The molecule has 0 aliphatic carbocycles. The van der Waals surface area contributed by atoms with Crippen molar-refractivity contribution in [2.75, 3.05) is 0 Å². The van der Waals surface area contributed by atoms with Crippen molar-refractivity contribution in [1.82, 2.24) is 0 Å². The predicted octanol–water partition coefficient (Wildman–Crippen LogP) is 6.36. The molecule has 4 aromatic carbocycles. The second-order valence-electron chi connectivity index (χ2n) is 6.33. The summed E-state index contributed by atoms with van der Waals surface area (Å²) in [7, 11) is 0. The molecule has 0 atom stereocenters. The Labute approximate surface area is 152 Å². The molecule has 0 fully saturated rings. The van der Waals surface area contributed by atoms with Crippen LogP contribution in [0.1, 0.15) is 11.1 Å². The SMILES string of the molecule is C=Cc1ccc2cc(-c3c(O)cc4cc(C=C)ccc4c3O)ccc2c1. The van der Waals surface area contributed by atoms with E-state index in [1.54, 1.807) is 12.1 Å². The first kappa shape index (κ1) is 16.0. The van der Waals surface area contributed by atoms with Crippen LogP contribution in [0.25, 0.3) is 44.8 Å². The minimum Gasteiger partial charge on any atom is -0.507 e. The fourth-order valence-electron chi connectivity index (χ4n) is 3.35. The van der Waals surface area contributed by atoms with E-state index >= 15 is 0 Å². The van der Waals surface area contributed by atoms with Crippen molar-refractivity contribution in [2.24, 2.45) is 0 Å². The highest BCUT2D eigenvalue weighted by atomic mass is 16.3. The molecule has 4 rings (SSSR count). The summed E-state index contributed by atoms with van der Waals surface area (Å²) in [4.78, 5) is 0. The summed E-state index contributed by atoms with van der Waals surface area (Å²) >= 11 is 0. The second kappa shape index (κ2) is 6.08. The molecule has 0 aromatic heterocycles. The van der Waals surface area contributed by atoms with Gasteiger partial charge in [0.1, 0.15) is 11.5 Å². The van der Waals surface area contributed by atoms with Crippen molar-refractivity contribution < 1.29 is 10.2 Å². The molecule has 0 aliphatic heterocycles. The maximum absolute atomic E-state index is 10.8. The molecular formula is C24H18O2. The predicted molar refractivity (Wildman–Crippen MR) is 110 cm³/mol. The molecule has 0 unspecified atom stereocenters. The first-order valence-electron chi connectivity index (χ1n) is 8.38. The van der Waals surface area contributed by atoms with Gasteiger partial charge >= 0.3 is 0 Å². The third-order valence-electron chi connectivity index (χ3n) is 4.74. The van der Waals surface area contributed by atoms with E-state index in [-0.39, 0.29) is 11.5 Å². The molecule has 0 spiro atoms. The Morgan fingerprint density at radius 2 is 1.27 bits per heavy atom. The first-order valence-corrected chi connectivity index (χ1v) is 8.38. The third kappa shape index (κ3) is 2.52. The van der Waals surface area contributed by atoms with Crippen LogP contribution in [0, 0.1) is 0 Å². The van der Waals surface area contributed by atoms with Crippen LogP contribution in [0.2, 0.25) is 0 Å².